The van der Waals surface area contributed by atoms with Crippen molar-refractivity contribution in [1.29, 1.82) is 0 Å². The summed E-state index contributed by atoms with van der Waals surface area (Å²) < 4.78 is 0. The first-order chi connectivity index (χ1) is 7.70. The van der Waals surface area contributed by atoms with E-state index in [0.717, 1.165) is 37.6 Å². The molecule has 1 aliphatic rings. The highest BCUT2D eigenvalue weighted by Crippen LogP contribution is 2.20. The number of aromatic nitrogens is 2. The summed E-state index contributed by atoms with van der Waals surface area (Å²) in [6, 6.07) is 0.415. The molecule has 0 unspecified atom stereocenters. The number of fused-ring (bicyclic) bond motifs is 1. The number of nitrogens with one attached hydrogen (secondary N) is 2. The molecule has 0 atom stereocenters. The maximum Gasteiger partial charge on any atom is 0.133 e. The molecular formula is C12H20N4. The Bertz CT molecular complexity index is 374. The van der Waals surface area contributed by atoms with Crippen LogP contribution >= 0.6 is 0 Å². The van der Waals surface area contributed by atoms with Gasteiger partial charge in [-0.3, -0.25) is 0 Å². The zero-order valence-electron chi connectivity index (χ0n) is 10.3. The fraction of sp³-hybridized carbons (Fsp3) is 0.667. The molecule has 1 aromatic rings. The van der Waals surface area contributed by atoms with Crippen molar-refractivity contribution in [2.75, 3.05) is 11.9 Å². The molecule has 0 fully saturated rings. The van der Waals surface area contributed by atoms with Gasteiger partial charge in [0, 0.05) is 24.6 Å². The third-order valence-electron chi connectivity index (χ3n) is 2.72. The van der Waals surface area contributed by atoms with E-state index in [0.29, 0.717) is 6.04 Å². The van der Waals surface area contributed by atoms with Gasteiger partial charge in [0.25, 0.3) is 0 Å². The second-order valence-electron chi connectivity index (χ2n) is 4.49. The largest absolute Gasteiger partial charge is 0.368 e. The molecule has 2 rings (SSSR count). The first-order valence-corrected chi connectivity index (χ1v) is 6.06. The fourth-order valence-electron chi connectivity index (χ4n) is 1.96. The van der Waals surface area contributed by atoms with Gasteiger partial charge in [-0.2, -0.15) is 0 Å². The highest BCUT2D eigenvalue weighted by Gasteiger charge is 2.17. The van der Waals surface area contributed by atoms with E-state index in [-0.39, 0.29) is 0 Å². The molecule has 0 amide bonds. The normalized spacial score (nSPS) is 15.0. The number of aryl methyl sites for hydroxylation is 1. The minimum Gasteiger partial charge on any atom is -0.368 e. The van der Waals surface area contributed by atoms with Crippen LogP contribution in [-0.2, 0) is 19.4 Å². The first-order valence-electron chi connectivity index (χ1n) is 6.06. The van der Waals surface area contributed by atoms with Crippen molar-refractivity contribution < 1.29 is 0 Å². The maximum absolute atomic E-state index is 4.59. The number of hydrogen-bond acceptors (Lipinski definition) is 4. The molecule has 0 spiro atoms. The highest BCUT2D eigenvalue weighted by atomic mass is 15.1. The quantitative estimate of drug-likeness (QED) is 0.810. The molecule has 4 nitrogen and oxygen atoms in total. The minimum atomic E-state index is 0.415. The monoisotopic (exact) mass is 220 g/mol. The number of hydrogen-bond donors (Lipinski definition) is 2. The molecule has 4 heteroatoms. The molecule has 0 saturated carbocycles. The zero-order valence-corrected chi connectivity index (χ0v) is 10.3. The topological polar surface area (TPSA) is 49.8 Å². The van der Waals surface area contributed by atoms with Crippen LogP contribution in [0.3, 0.4) is 0 Å². The molecule has 88 valence electrons. The Morgan fingerprint density at radius 1 is 1.38 bits per heavy atom. The van der Waals surface area contributed by atoms with Gasteiger partial charge in [0.05, 0.1) is 5.69 Å². The molecule has 0 bridgehead atoms. The first kappa shape index (κ1) is 11.3. The van der Waals surface area contributed by atoms with Crippen molar-refractivity contribution in [2.45, 2.75) is 46.2 Å². The van der Waals surface area contributed by atoms with Gasteiger partial charge in [0.1, 0.15) is 11.6 Å². The van der Waals surface area contributed by atoms with Crippen molar-refractivity contribution in [2.24, 2.45) is 0 Å². The molecule has 0 saturated heterocycles. The molecule has 2 N–H and O–H groups in total. The van der Waals surface area contributed by atoms with Gasteiger partial charge >= 0.3 is 0 Å². The minimum absolute atomic E-state index is 0.415. The zero-order chi connectivity index (χ0) is 11.5. The molecule has 0 aliphatic carbocycles. The van der Waals surface area contributed by atoms with Crippen LogP contribution < -0.4 is 10.6 Å². The van der Waals surface area contributed by atoms with Crippen LogP contribution in [0, 0.1) is 0 Å². The molecule has 0 aromatic carbocycles. The van der Waals surface area contributed by atoms with Gasteiger partial charge in [-0.1, -0.05) is 6.92 Å². The molecule has 16 heavy (non-hydrogen) atoms. The lowest BCUT2D eigenvalue weighted by Crippen LogP contribution is -2.27. The van der Waals surface area contributed by atoms with Crippen LogP contribution in [0.25, 0.3) is 0 Å². The number of rotatable bonds is 3. The lowest BCUT2D eigenvalue weighted by atomic mass is 10.1. The van der Waals surface area contributed by atoms with Gasteiger partial charge in [0.15, 0.2) is 0 Å². The summed E-state index contributed by atoms with van der Waals surface area (Å²) in [4.78, 5) is 9.18. The summed E-state index contributed by atoms with van der Waals surface area (Å²) in [7, 11) is 0. The Kier molecular flexibility index (Phi) is 3.39. The lowest BCUT2D eigenvalue weighted by Gasteiger charge is -2.21. The summed E-state index contributed by atoms with van der Waals surface area (Å²) in [6.45, 7) is 8.27. The SMILES string of the molecule is CCc1nc2c(c(NC(C)C)n1)CCNC2. The predicted molar refractivity (Wildman–Crippen MR) is 65.6 cm³/mol. The standard InChI is InChI=1S/C12H20N4/c1-4-11-15-10-7-13-6-5-9(10)12(16-11)14-8(2)3/h8,13H,4-7H2,1-3H3,(H,14,15,16). The fourth-order valence-corrected chi connectivity index (χ4v) is 1.96. The van der Waals surface area contributed by atoms with Crippen molar-refractivity contribution >= 4 is 5.82 Å². The van der Waals surface area contributed by atoms with Crippen LogP contribution in [0.4, 0.5) is 5.82 Å². The van der Waals surface area contributed by atoms with Crippen LogP contribution in [0.1, 0.15) is 37.9 Å². The van der Waals surface area contributed by atoms with Gasteiger partial charge in [-0.25, -0.2) is 9.97 Å². The molecule has 0 radical (unpaired) electrons. The molecule has 2 heterocycles. The van der Waals surface area contributed by atoms with Crippen molar-refractivity contribution in [1.82, 2.24) is 15.3 Å². The summed E-state index contributed by atoms with van der Waals surface area (Å²) in [6.07, 6.45) is 1.91. The number of anilines is 1. The van der Waals surface area contributed by atoms with Crippen molar-refractivity contribution in [3.8, 4) is 0 Å². The van der Waals surface area contributed by atoms with E-state index >= 15 is 0 Å². The van der Waals surface area contributed by atoms with E-state index in [1.807, 2.05) is 0 Å². The van der Waals surface area contributed by atoms with Crippen LogP contribution in [0.5, 0.6) is 0 Å². The van der Waals surface area contributed by atoms with E-state index in [1.165, 1.54) is 11.3 Å². The van der Waals surface area contributed by atoms with E-state index in [4.69, 9.17) is 0 Å². The van der Waals surface area contributed by atoms with E-state index < -0.39 is 0 Å². The summed E-state index contributed by atoms with van der Waals surface area (Å²) in [5, 5.41) is 6.78. The second-order valence-corrected chi connectivity index (χ2v) is 4.49. The van der Waals surface area contributed by atoms with Crippen molar-refractivity contribution in [3.63, 3.8) is 0 Å². The maximum atomic E-state index is 4.59. The Morgan fingerprint density at radius 3 is 2.88 bits per heavy atom. The van der Waals surface area contributed by atoms with Crippen molar-refractivity contribution in [3.05, 3.63) is 17.1 Å². The van der Waals surface area contributed by atoms with E-state index in [1.54, 1.807) is 0 Å². The van der Waals surface area contributed by atoms with Gasteiger partial charge < -0.3 is 10.6 Å². The Labute approximate surface area is 96.9 Å². The third-order valence-corrected chi connectivity index (χ3v) is 2.72. The predicted octanol–water partition coefficient (Wildman–Crippen LogP) is 1.50. The lowest BCUT2D eigenvalue weighted by molar-refractivity contribution is 0.617. The van der Waals surface area contributed by atoms with Gasteiger partial charge in [-0.05, 0) is 26.8 Å². The van der Waals surface area contributed by atoms with Crippen LogP contribution in [-0.4, -0.2) is 22.6 Å². The van der Waals surface area contributed by atoms with Gasteiger partial charge in [0.2, 0.25) is 0 Å². The van der Waals surface area contributed by atoms with E-state index in [2.05, 4.69) is 41.4 Å². The summed E-state index contributed by atoms with van der Waals surface area (Å²) >= 11 is 0. The van der Waals surface area contributed by atoms with Crippen LogP contribution in [0.2, 0.25) is 0 Å². The Balaban J connectivity index is 2.39. The molecular weight excluding hydrogens is 200 g/mol. The number of nitrogens with zero attached hydrogens (tertiary/aromatic N) is 2. The summed E-state index contributed by atoms with van der Waals surface area (Å²) in [5.41, 5.74) is 2.46. The Hall–Kier alpha value is -1.16. The molecule has 1 aromatic heterocycles. The van der Waals surface area contributed by atoms with E-state index in [9.17, 15) is 0 Å². The summed E-state index contributed by atoms with van der Waals surface area (Å²) in [5.74, 6) is 1.98. The van der Waals surface area contributed by atoms with Gasteiger partial charge in [-0.15, -0.1) is 0 Å². The highest BCUT2D eigenvalue weighted by molar-refractivity contribution is 5.48. The molecule has 1 aliphatic heterocycles. The second kappa shape index (κ2) is 4.78. The Morgan fingerprint density at radius 2 is 2.19 bits per heavy atom. The average Bonchev–Trinajstić information content (AvgIpc) is 2.28. The smallest absolute Gasteiger partial charge is 0.133 e. The average molecular weight is 220 g/mol. The third kappa shape index (κ3) is 2.32. The van der Waals surface area contributed by atoms with Crippen LogP contribution in [0.15, 0.2) is 0 Å².